The third-order valence-electron chi connectivity index (χ3n) is 4.69. The summed E-state index contributed by atoms with van der Waals surface area (Å²) in [6, 6.07) is 6.19. The molecule has 27 heavy (non-hydrogen) atoms. The fourth-order valence-electron chi connectivity index (χ4n) is 2.87. The van der Waals surface area contributed by atoms with E-state index >= 15 is 0 Å². The summed E-state index contributed by atoms with van der Waals surface area (Å²) in [5.41, 5.74) is -0.224. The first-order valence-corrected chi connectivity index (χ1v) is 9.10. The van der Waals surface area contributed by atoms with Crippen LogP contribution in [-0.4, -0.2) is 58.1 Å². The predicted octanol–water partition coefficient (Wildman–Crippen LogP) is 2.96. The minimum atomic E-state index is -0.302. The molecule has 0 bridgehead atoms. The van der Waals surface area contributed by atoms with E-state index in [1.807, 2.05) is 6.92 Å². The van der Waals surface area contributed by atoms with Crippen LogP contribution in [0, 0.1) is 5.82 Å². The molecule has 1 aromatic carbocycles. The van der Waals surface area contributed by atoms with Crippen LogP contribution in [0.1, 0.15) is 26.2 Å². The number of aliphatic imine (C=N–C) groups is 1. The molecule has 0 aromatic heterocycles. The van der Waals surface area contributed by atoms with Gasteiger partial charge in [-0.1, -0.05) is 13.0 Å². The van der Waals surface area contributed by atoms with Gasteiger partial charge in [0, 0.05) is 52.8 Å². The normalized spacial score (nSPS) is 17.6. The van der Waals surface area contributed by atoms with Crippen molar-refractivity contribution < 1.29 is 18.6 Å². The van der Waals surface area contributed by atoms with Crippen LogP contribution in [0.4, 0.5) is 4.39 Å². The van der Waals surface area contributed by atoms with E-state index in [9.17, 15) is 4.39 Å². The highest BCUT2D eigenvalue weighted by molar-refractivity contribution is 14.0. The zero-order chi connectivity index (χ0) is 18.8. The van der Waals surface area contributed by atoms with Gasteiger partial charge in [0.15, 0.2) is 5.96 Å². The Morgan fingerprint density at radius 1 is 1.33 bits per heavy atom. The Bertz CT molecular complexity index is 583. The minimum absolute atomic E-state index is 0. The summed E-state index contributed by atoms with van der Waals surface area (Å²) in [6.07, 6.45) is 2.41. The number of hydrogen-bond donors (Lipinski definition) is 2. The molecule has 0 saturated carbocycles. The van der Waals surface area contributed by atoms with Crippen molar-refractivity contribution in [3.63, 3.8) is 0 Å². The van der Waals surface area contributed by atoms with Gasteiger partial charge in [0.2, 0.25) is 0 Å². The maximum Gasteiger partial charge on any atom is 0.191 e. The lowest BCUT2D eigenvalue weighted by molar-refractivity contribution is -0.0855. The van der Waals surface area contributed by atoms with E-state index in [4.69, 9.17) is 14.2 Å². The molecule has 1 aliphatic rings. The summed E-state index contributed by atoms with van der Waals surface area (Å²) >= 11 is 0. The molecule has 0 amide bonds. The van der Waals surface area contributed by atoms with Gasteiger partial charge >= 0.3 is 0 Å². The van der Waals surface area contributed by atoms with Crippen molar-refractivity contribution in [3.05, 3.63) is 30.1 Å². The fourth-order valence-corrected chi connectivity index (χ4v) is 2.87. The minimum Gasteiger partial charge on any atom is -0.489 e. The number of hydrogen-bond acceptors (Lipinski definition) is 4. The first-order valence-electron chi connectivity index (χ1n) is 9.10. The zero-order valence-electron chi connectivity index (χ0n) is 16.3. The van der Waals surface area contributed by atoms with Gasteiger partial charge in [-0.3, -0.25) is 4.99 Å². The van der Waals surface area contributed by atoms with Gasteiger partial charge < -0.3 is 24.8 Å². The van der Waals surface area contributed by atoms with Crippen LogP contribution in [0.3, 0.4) is 0 Å². The molecule has 154 valence electrons. The molecule has 1 heterocycles. The molecule has 1 unspecified atom stereocenters. The van der Waals surface area contributed by atoms with Crippen molar-refractivity contribution in [3.8, 4) is 5.75 Å². The van der Waals surface area contributed by atoms with Crippen LogP contribution >= 0.6 is 24.0 Å². The van der Waals surface area contributed by atoms with Crippen molar-refractivity contribution in [1.29, 1.82) is 0 Å². The van der Waals surface area contributed by atoms with Gasteiger partial charge in [-0.2, -0.15) is 0 Å². The second kappa shape index (κ2) is 12.4. The van der Waals surface area contributed by atoms with E-state index < -0.39 is 0 Å². The van der Waals surface area contributed by atoms with E-state index in [-0.39, 0.29) is 41.5 Å². The highest BCUT2D eigenvalue weighted by Gasteiger charge is 2.32. The van der Waals surface area contributed by atoms with Crippen LogP contribution in [0.5, 0.6) is 5.75 Å². The molecule has 2 rings (SSSR count). The van der Waals surface area contributed by atoms with Crippen molar-refractivity contribution in [2.24, 2.45) is 4.99 Å². The molecule has 8 heteroatoms. The average Bonchev–Trinajstić information content (AvgIpc) is 2.67. The topological polar surface area (TPSA) is 64.1 Å². The molecular formula is C19H31FIN3O3. The SMILES string of the molecule is CCC(CNC(=NC)NCC1(OC)CCOCC1)Oc1cccc(F)c1.I. The molecule has 0 radical (unpaired) electrons. The third-order valence-corrected chi connectivity index (χ3v) is 4.69. The fraction of sp³-hybridized carbons (Fsp3) is 0.632. The van der Waals surface area contributed by atoms with Crippen molar-refractivity contribution in [1.82, 2.24) is 10.6 Å². The highest BCUT2D eigenvalue weighted by Crippen LogP contribution is 2.23. The molecule has 0 aliphatic carbocycles. The van der Waals surface area contributed by atoms with E-state index in [1.54, 1.807) is 26.3 Å². The molecule has 0 spiro atoms. The van der Waals surface area contributed by atoms with Gasteiger partial charge in [0.25, 0.3) is 0 Å². The first-order chi connectivity index (χ1) is 12.6. The second-order valence-corrected chi connectivity index (χ2v) is 6.41. The monoisotopic (exact) mass is 495 g/mol. The maximum absolute atomic E-state index is 13.3. The molecule has 1 atom stereocenters. The van der Waals surface area contributed by atoms with Crippen molar-refractivity contribution in [2.45, 2.75) is 37.9 Å². The molecule has 1 aromatic rings. The summed E-state index contributed by atoms with van der Waals surface area (Å²) in [5, 5.41) is 6.60. The number of nitrogens with zero attached hydrogens (tertiary/aromatic N) is 1. The standard InChI is InChI=1S/C19H30FN3O3.HI/c1-4-16(26-17-7-5-6-15(20)12-17)13-22-18(21-2)23-14-19(24-3)8-10-25-11-9-19;/h5-7,12,16H,4,8-11,13-14H2,1-3H3,(H2,21,22,23);1H. The molecule has 1 aliphatic heterocycles. The lowest BCUT2D eigenvalue weighted by Gasteiger charge is -2.36. The number of nitrogens with one attached hydrogen (secondary N) is 2. The Balaban J connectivity index is 0.00000364. The molecule has 6 nitrogen and oxygen atoms in total. The Morgan fingerprint density at radius 3 is 2.67 bits per heavy atom. The molecule has 2 N–H and O–H groups in total. The van der Waals surface area contributed by atoms with Gasteiger partial charge in [0.05, 0.1) is 12.1 Å². The Labute approximate surface area is 178 Å². The van der Waals surface area contributed by atoms with Crippen LogP contribution in [0.15, 0.2) is 29.3 Å². The molecular weight excluding hydrogens is 464 g/mol. The zero-order valence-corrected chi connectivity index (χ0v) is 18.6. The lowest BCUT2D eigenvalue weighted by atomic mass is 9.94. The van der Waals surface area contributed by atoms with Crippen molar-refractivity contribution >= 4 is 29.9 Å². The Hall–Kier alpha value is -1.13. The number of benzene rings is 1. The summed E-state index contributed by atoms with van der Waals surface area (Å²) in [4.78, 5) is 4.26. The first kappa shape index (κ1) is 23.9. The number of methoxy groups -OCH3 is 1. The average molecular weight is 495 g/mol. The van der Waals surface area contributed by atoms with Crippen molar-refractivity contribution in [2.75, 3.05) is 40.5 Å². The van der Waals surface area contributed by atoms with Gasteiger partial charge in [-0.25, -0.2) is 4.39 Å². The highest BCUT2D eigenvalue weighted by atomic mass is 127. The second-order valence-electron chi connectivity index (χ2n) is 6.41. The Morgan fingerprint density at radius 2 is 2.07 bits per heavy atom. The summed E-state index contributed by atoms with van der Waals surface area (Å²) in [7, 11) is 3.47. The van der Waals surface area contributed by atoms with Gasteiger partial charge in [0.1, 0.15) is 17.7 Å². The largest absolute Gasteiger partial charge is 0.489 e. The molecule has 1 fully saturated rings. The van der Waals surface area contributed by atoms with Crippen LogP contribution < -0.4 is 15.4 Å². The summed E-state index contributed by atoms with van der Waals surface area (Å²) in [6.45, 7) is 4.68. The number of ether oxygens (including phenoxy) is 3. The van der Waals surface area contributed by atoms with Gasteiger partial charge in [-0.15, -0.1) is 24.0 Å². The number of guanidine groups is 1. The lowest BCUT2D eigenvalue weighted by Crippen LogP contribution is -2.51. The van der Waals surface area contributed by atoms with E-state index in [0.29, 0.717) is 38.0 Å². The maximum atomic E-state index is 13.3. The van der Waals surface area contributed by atoms with Crippen LogP contribution in [0.2, 0.25) is 0 Å². The molecule has 1 saturated heterocycles. The smallest absolute Gasteiger partial charge is 0.191 e. The number of rotatable bonds is 8. The van der Waals surface area contributed by atoms with Crippen LogP contribution in [0.25, 0.3) is 0 Å². The predicted molar refractivity (Wildman–Crippen MR) is 116 cm³/mol. The van der Waals surface area contributed by atoms with E-state index in [2.05, 4.69) is 15.6 Å². The van der Waals surface area contributed by atoms with E-state index in [0.717, 1.165) is 19.3 Å². The van der Waals surface area contributed by atoms with Crippen LogP contribution in [-0.2, 0) is 9.47 Å². The summed E-state index contributed by atoms with van der Waals surface area (Å²) < 4.78 is 30.3. The van der Waals surface area contributed by atoms with E-state index in [1.165, 1.54) is 12.1 Å². The quantitative estimate of drug-likeness (QED) is 0.330. The van der Waals surface area contributed by atoms with Gasteiger partial charge in [-0.05, 0) is 18.6 Å². The third kappa shape index (κ3) is 7.79. The number of halogens is 2. The Kier molecular flexibility index (Phi) is 10.9. The summed E-state index contributed by atoms with van der Waals surface area (Å²) in [5.74, 6) is 0.917.